The van der Waals surface area contributed by atoms with Gasteiger partial charge >= 0.3 is 0 Å². The van der Waals surface area contributed by atoms with E-state index < -0.39 is 66.0 Å². The summed E-state index contributed by atoms with van der Waals surface area (Å²) in [6.45, 7) is 0.597. The van der Waals surface area contributed by atoms with E-state index in [0.29, 0.717) is 0 Å². The first-order chi connectivity index (χ1) is 12.7. The second-order valence-corrected chi connectivity index (χ2v) is 6.28. The number of aliphatic hydroxyl groups is 5. The van der Waals surface area contributed by atoms with Crippen molar-refractivity contribution >= 4 is 17.3 Å². The van der Waals surface area contributed by atoms with Crippen molar-refractivity contribution in [3.63, 3.8) is 0 Å². The molecule has 2 aliphatic rings. The van der Waals surface area contributed by atoms with E-state index in [1.54, 1.807) is 0 Å². The van der Waals surface area contributed by atoms with Gasteiger partial charge in [0.2, 0.25) is 17.9 Å². The van der Waals surface area contributed by atoms with Crippen LogP contribution in [0.1, 0.15) is 22.8 Å². The second kappa shape index (κ2) is 6.91. The first kappa shape index (κ1) is 19.3. The highest BCUT2D eigenvalue weighted by Crippen LogP contribution is 2.40. The number of carbonyl (C=O) groups is 2. The summed E-state index contributed by atoms with van der Waals surface area (Å²) in [4.78, 5) is 24.1. The third-order valence-corrected chi connectivity index (χ3v) is 4.62. The van der Waals surface area contributed by atoms with Gasteiger partial charge in [0.1, 0.15) is 30.2 Å². The second-order valence-electron chi connectivity index (χ2n) is 6.28. The van der Waals surface area contributed by atoms with E-state index in [1.165, 1.54) is 19.1 Å². The van der Waals surface area contributed by atoms with Crippen molar-refractivity contribution in [2.24, 2.45) is 0 Å². The van der Waals surface area contributed by atoms with Crippen LogP contribution in [0.4, 0.5) is 0 Å². The highest BCUT2D eigenvalue weighted by Gasteiger charge is 2.45. The van der Waals surface area contributed by atoms with E-state index in [4.69, 9.17) is 9.47 Å². The molecule has 1 aromatic carbocycles. The van der Waals surface area contributed by atoms with Gasteiger partial charge in [-0.3, -0.25) is 9.59 Å². The van der Waals surface area contributed by atoms with Crippen molar-refractivity contribution in [3.8, 4) is 11.5 Å². The van der Waals surface area contributed by atoms with E-state index >= 15 is 0 Å². The maximum absolute atomic E-state index is 12.2. The molecular formula is C17H18O10. The van der Waals surface area contributed by atoms with Gasteiger partial charge < -0.3 is 40.1 Å². The lowest BCUT2D eigenvalue weighted by atomic mass is 9.88. The smallest absolute Gasteiger partial charge is 0.237 e. The number of aromatic hydroxyl groups is 1. The Morgan fingerprint density at radius 1 is 1.04 bits per heavy atom. The first-order valence-electron chi connectivity index (χ1n) is 8.01. The Bertz CT molecular complexity index is 827. The fourth-order valence-corrected chi connectivity index (χ4v) is 2.98. The number of Topliss-reactive ketones (excluding diaryl/α,β-unsaturated/α-hetero) is 2. The van der Waals surface area contributed by atoms with Gasteiger partial charge in [-0.1, -0.05) is 0 Å². The summed E-state index contributed by atoms with van der Waals surface area (Å²) < 4.78 is 10.5. The van der Waals surface area contributed by atoms with Crippen molar-refractivity contribution in [2.45, 2.75) is 37.6 Å². The normalized spacial score (nSPS) is 31.1. The number of hydrogen-bond acceptors (Lipinski definition) is 10. The van der Waals surface area contributed by atoms with E-state index in [-0.39, 0.29) is 16.9 Å². The largest absolute Gasteiger partial charge is 0.507 e. The van der Waals surface area contributed by atoms with E-state index in [1.807, 2.05) is 0 Å². The molecule has 1 saturated heterocycles. The van der Waals surface area contributed by atoms with E-state index in [2.05, 4.69) is 0 Å². The van der Waals surface area contributed by atoms with Crippen LogP contribution in [0.2, 0.25) is 0 Å². The lowest BCUT2D eigenvalue weighted by Crippen LogP contribution is -2.60. The number of benzene rings is 1. The highest BCUT2D eigenvalue weighted by molar-refractivity contribution is 6.52. The number of phenolic OH excluding ortho intramolecular Hbond substituents is 1. The predicted octanol–water partition coefficient (Wildman–Crippen LogP) is -1.37. The number of allylic oxidation sites excluding steroid dienone is 1. The summed E-state index contributed by atoms with van der Waals surface area (Å²) in [5.41, 5.74) is -0.685. The number of ketones is 2. The number of ether oxygens (including phenoxy) is 2. The maximum atomic E-state index is 12.2. The number of carbonyl (C=O) groups excluding carboxylic acids is 2. The molecule has 10 heteroatoms. The molecule has 5 atom stereocenters. The summed E-state index contributed by atoms with van der Waals surface area (Å²) >= 11 is 0. The molecule has 27 heavy (non-hydrogen) atoms. The molecule has 6 N–H and O–H groups in total. The van der Waals surface area contributed by atoms with E-state index in [0.717, 1.165) is 0 Å². The van der Waals surface area contributed by atoms with Crippen LogP contribution in [0.3, 0.4) is 0 Å². The van der Waals surface area contributed by atoms with Gasteiger partial charge in [0, 0.05) is 11.1 Å². The Balaban J connectivity index is 1.96. The van der Waals surface area contributed by atoms with Crippen molar-refractivity contribution in [2.75, 3.05) is 6.61 Å². The lowest BCUT2D eigenvalue weighted by Gasteiger charge is -2.39. The fourth-order valence-electron chi connectivity index (χ4n) is 2.98. The molecule has 1 fully saturated rings. The zero-order valence-electron chi connectivity index (χ0n) is 14.1. The van der Waals surface area contributed by atoms with Crippen LogP contribution >= 0.6 is 0 Å². The first-order valence-corrected chi connectivity index (χ1v) is 8.01. The Morgan fingerprint density at radius 3 is 2.33 bits per heavy atom. The summed E-state index contributed by atoms with van der Waals surface area (Å²) in [6.07, 6.45) is -7.84. The Labute approximate surface area is 152 Å². The van der Waals surface area contributed by atoms with Gasteiger partial charge in [0.05, 0.1) is 12.2 Å². The number of hydrogen-bond donors (Lipinski definition) is 6. The van der Waals surface area contributed by atoms with Gasteiger partial charge in [0.15, 0.2) is 11.5 Å². The zero-order chi connectivity index (χ0) is 20.0. The van der Waals surface area contributed by atoms with Gasteiger partial charge in [-0.15, -0.1) is 0 Å². The molecule has 1 aromatic rings. The van der Waals surface area contributed by atoms with Crippen LogP contribution in [-0.4, -0.2) is 79.5 Å². The summed E-state index contributed by atoms with van der Waals surface area (Å²) in [5, 5.41) is 59.1. The summed E-state index contributed by atoms with van der Waals surface area (Å²) in [5.74, 6) is -3.62. The third-order valence-electron chi connectivity index (χ3n) is 4.62. The molecule has 0 spiro atoms. The number of aliphatic hydroxyl groups excluding tert-OH is 5. The van der Waals surface area contributed by atoms with Crippen molar-refractivity contribution in [1.82, 2.24) is 0 Å². The van der Waals surface area contributed by atoms with Crippen LogP contribution in [0.15, 0.2) is 17.7 Å². The molecular weight excluding hydrogens is 364 g/mol. The molecule has 0 radical (unpaired) electrons. The highest BCUT2D eigenvalue weighted by atomic mass is 16.7. The average molecular weight is 382 g/mol. The van der Waals surface area contributed by atoms with Crippen LogP contribution in [0.25, 0.3) is 5.76 Å². The molecule has 0 bridgehead atoms. The van der Waals surface area contributed by atoms with Gasteiger partial charge in [0.25, 0.3) is 0 Å². The van der Waals surface area contributed by atoms with E-state index in [9.17, 15) is 40.2 Å². The number of fused-ring (bicyclic) bond motifs is 1. The zero-order valence-corrected chi connectivity index (χ0v) is 14.1. The maximum Gasteiger partial charge on any atom is 0.237 e. The number of rotatable bonds is 3. The lowest BCUT2D eigenvalue weighted by molar-refractivity contribution is -0.277. The average Bonchev–Trinajstić information content (AvgIpc) is 2.66. The Kier molecular flexibility index (Phi) is 4.93. The SMILES string of the molecule is CC1=C(O)c2ccc(O[C@@H]3OC(CO)[C@@H](O)[C@H](O)[C@H]3O)c(O)c2C(=O)C1=O. The monoisotopic (exact) mass is 382 g/mol. The van der Waals surface area contributed by atoms with Crippen molar-refractivity contribution in [1.29, 1.82) is 0 Å². The minimum Gasteiger partial charge on any atom is -0.507 e. The molecule has 1 unspecified atom stereocenters. The molecule has 0 saturated carbocycles. The minimum absolute atomic E-state index is 0.0595. The van der Waals surface area contributed by atoms with Gasteiger partial charge in [-0.25, -0.2) is 0 Å². The standard InChI is InChI=1S/C17H18O10/c1-5-10(19)6-2-3-7(12(21)9(6)14(23)11(5)20)26-17-16(25)15(24)13(22)8(4-18)27-17/h2-3,8,13,15-19,21-22,24-25H,4H2,1H3/t8?,13-,15+,16-,17-/m1/s1. The van der Waals surface area contributed by atoms with Crippen LogP contribution in [0, 0.1) is 0 Å². The quantitative estimate of drug-likeness (QED) is 0.342. The Hall–Kier alpha value is -2.50. The molecule has 3 rings (SSSR count). The molecule has 146 valence electrons. The van der Waals surface area contributed by atoms with Crippen molar-refractivity contribution < 1.29 is 49.7 Å². The van der Waals surface area contributed by atoms with Crippen LogP contribution in [0.5, 0.6) is 11.5 Å². The van der Waals surface area contributed by atoms with Crippen LogP contribution in [-0.2, 0) is 9.53 Å². The van der Waals surface area contributed by atoms with Gasteiger partial charge in [-0.05, 0) is 19.1 Å². The molecule has 1 aliphatic heterocycles. The minimum atomic E-state index is -1.73. The molecule has 0 aromatic heterocycles. The molecule has 0 amide bonds. The molecule has 1 aliphatic carbocycles. The molecule has 1 heterocycles. The van der Waals surface area contributed by atoms with Crippen molar-refractivity contribution in [3.05, 3.63) is 28.8 Å². The van der Waals surface area contributed by atoms with Crippen LogP contribution < -0.4 is 4.74 Å². The topological polar surface area (TPSA) is 174 Å². The summed E-state index contributed by atoms with van der Waals surface area (Å²) in [7, 11) is 0. The summed E-state index contributed by atoms with van der Waals surface area (Å²) in [6, 6.07) is 2.40. The predicted molar refractivity (Wildman–Crippen MR) is 87.1 cm³/mol. The number of phenols is 1. The Morgan fingerprint density at radius 2 is 1.70 bits per heavy atom. The molecule has 10 nitrogen and oxygen atoms in total. The third kappa shape index (κ3) is 2.97. The van der Waals surface area contributed by atoms with Gasteiger partial charge in [-0.2, -0.15) is 0 Å². The fraction of sp³-hybridized carbons (Fsp3) is 0.412.